The number of hydrogen-bond acceptors (Lipinski definition) is 3. The highest BCUT2D eigenvalue weighted by Gasteiger charge is 2.02. The Kier molecular flexibility index (Phi) is 2.00. The number of rotatable bonds is 0. The van der Waals surface area contributed by atoms with E-state index in [2.05, 4.69) is 30.9 Å². The van der Waals surface area contributed by atoms with Gasteiger partial charge in [0.15, 0.2) is 5.65 Å². The van der Waals surface area contributed by atoms with Crippen LogP contribution in [0.25, 0.3) is 11.2 Å². The molecule has 13 heavy (non-hydrogen) atoms. The van der Waals surface area contributed by atoms with E-state index in [4.69, 9.17) is 0 Å². The van der Waals surface area contributed by atoms with Gasteiger partial charge in [0.2, 0.25) is 0 Å². The largest absolute Gasteiger partial charge is 0.248 e. The van der Waals surface area contributed by atoms with Crippen LogP contribution in [0.5, 0.6) is 0 Å². The molecule has 0 aliphatic carbocycles. The lowest BCUT2D eigenvalue weighted by Gasteiger charge is -2.00. The summed E-state index contributed by atoms with van der Waals surface area (Å²) in [4.78, 5) is 12.9. The Bertz CT molecular complexity index is 468. The van der Waals surface area contributed by atoms with Gasteiger partial charge < -0.3 is 0 Å². The van der Waals surface area contributed by atoms with E-state index >= 15 is 0 Å². The first-order valence-corrected chi connectivity index (χ1v) is 4.72. The molecule has 3 nitrogen and oxygen atoms in total. The fourth-order valence-electron chi connectivity index (χ4n) is 1.09. The Hall–Kier alpha value is -1.03. The second kappa shape index (κ2) is 3.03. The van der Waals surface area contributed by atoms with Gasteiger partial charge in [-0.3, -0.25) is 0 Å². The van der Waals surface area contributed by atoms with Gasteiger partial charge >= 0.3 is 0 Å². The van der Waals surface area contributed by atoms with Crippen LogP contribution in [0.15, 0.2) is 16.7 Å². The topological polar surface area (TPSA) is 38.7 Å². The van der Waals surface area contributed by atoms with E-state index in [1.807, 2.05) is 19.9 Å². The van der Waals surface area contributed by atoms with Crippen LogP contribution in [-0.4, -0.2) is 15.0 Å². The standard InChI is InChI=1S/C9H8BrN3/c1-5-6(2)13-9-8(12-5)3-7(10)4-11-9/h3-4H,1-2H3. The highest BCUT2D eigenvalue weighted by Crippen LogP contribution is 2.15. The molecule has 0 saturated carbocycles. The van der Waals surface area contributed by atoms with Crippen molar-refractivity contribution < 1.29 is 0 Å². The molecule has 0 radical (unpaired) electrons. The molecule has 0 bridgehead atoms. The summed E-state index contributed by atoms with van der Waals surface area (Å²) < 4.78 is 0.928. The molecule has 0 saturated heterocycles. The molecular formula is C9H8BrN3. The van der Waals surface area contributed by atoms with Crippen LogP contribution in [0.3, 0.4) is 0 Å². The molecule has 2 aromatic rings. The molecule has 0 atom stereocenters. The third kappa shape index (κ3) is 1.54. The average molecular weight is 238 g/mol. The van der Waals surface area contributed by atoms with Crippen LogP contribution in [0.2, 0.25) is 0 Å². The SMILES string of the molecule is Cc1nc2cc(Br)cnc2nc1C. The zero-order valence-corrected chi connectivity index (χ0v) is 8.96. The monoisotopic (exact) mass is 237 g/mol. The lowest BCUT2D eigenvalue weighted by Crippen LogP contribution is -1.94. The van der Waals surface area contributed by atoms with Crippen molar-refractivity contribution >= 4 is 27.1 Å². The van der Waals surface area contributed by atoms with Crippen molar-refractivity contribution in [1.29, 1.82) is 0 Å². The number of fused-ring (bicyclic) bond motifs is 1. The molecule has 0 N–H and O–H groups in total. The highest BCUT2D eigenvalue weighted by molar-refractivity contribution is 9.10. The maximum absolute atomic E-state index is 4.38. The third-order valence-corrected chi connectivity index (χ3v) is 2.33. The predicted molar refractivity (Wildman–Crippen MR) is 54.5 cm³/mol. The van der Waals surface area contributed by atoms with E-state index in [0.29, 0.717) is 5.65 Å². The molecule has 0 fully saturated rings. The second-order valence-electron chi connectivity index (χ2n) is 2.89. The zero-order valence-electron chi connectivity index (χ0n) is 7.37. The highest BCUT2D eigenvalue weighted by atomic mass is 79.9. The Labute approximate surface area is 84.4 Å². The Balaban J connectivity index is 2.81. The molecule has 0 aromatic carbocycles. The van der Waals surface area contributed by atoms with Gasteiger partial charge in [0.05, 0.1) is 11.4 Å². The summed E-state index contributed by atoms with van der Waals surface area (Å²) in [6.45, 7) is 3.88. The summed E-state index contributed by atoms with van der Waals surface area (Å²) in [7, 11) is 0. The molecule has 2 heterocycles. The van der Waals surface area contributed by atoms with Crippen molar-refractivity contribution in [3.05, 3.63) is 28.1 Å². The van der Waals surface area contributed by atoms with E-state index < -0.39 is 0 Å². The van der Waals surface area contributed by atoms with Crippen LogP contribution < -0.4 is 0 Å². The minimum Gasteiger partial charge on any atom is -0.248 e. The summed E-state index contributed by atoms with van der Waals surface area (Å²) in [5.74, 6) is 0. The van der Waals surface area contributed by atoms with Crippen molar-refractivity contribution in [2.24, 2.45) is 0 Å². The number of aromatic nitrogens is 3. The van der Waals surface area contributed by atoms with Gasteiger partial charge in [-0.2, -0.15) is 0 Å². The number of pyridine rings is 1. The molecule has 2 rings (SSSR count). The number of hydrogen-bond donors (Lipinski definition) is 0. The van der Waals surface area contributed by atoms with E-state index in [1.54, 1.807) is 6.20 Å². The summed E-state index contributed by atoms with van der Waals surface area (Å²) in [5.41, 5.74) is 3.42. The van der Waals surface area contributed by atoms with Crippen molar-refractivity contribution in [2.75, 3.05) is 0 Å². The Morgan fingerprint density at radius 3 is 2.62 bits per heavy atom. The lowest BCUT2D eigenvalue weighted by molar-refractivity contribution is 1.08. The summed E-state index contributed by atoms with van der Waals surface area (Å²) >= 11 is 3.35. The van der Waals surface area contributed by atoms with Crippen molar-refractivity contribution in [3.63, 3.8) is 0 Å². The Morgan fingerprint density at radius 2 is 1.85 bits per heavy atom. The fourth-order valence-corrected chi connectivity index (χ4v) is 1.41. The molecule has 66 valence electrons. The minimum atomic E-state index is 0.700. The smallest absolute Gasteiger partial charge is 0.178 e. The molecule has 0 aliphatic rings. The first-order valence-electron chi connectivity index (χ1n) is 3.93. The Morgan fingerprint density at radius 1 is 1.15 bits per heavy atom. The number of halogens is 1. The summed E-state index contributed by atoms with van der Waals surface area (Å²) in [6, 6.07) is 1.92. The first kappa shape index (κ1) is 8.56. The van der Waals surface area contributed by atoms with Crippen LogP contribution in [0, 0.1) is 13.8 Å². The van der Waals surface area contributed by atoms with E-state index in [9.17, 15) is 0 Å². The minimum absolute atomic E-state index is 0.700. The van der Waals surface area contributed by atoms with Gasteiger partial charge in [-0.15, -0.1) is 0 Å². The van der Waals surface area contributed by atoms with Crippen LogP contribution in [0.1, 0.15) is 11.4 Å². The number of aryl methyl sites for hydroxylation is 2. The van der Waals surface area contributed by atoms with Crippen molar-refractivity contribution in [2.45, 2.75) is 13.8 Å². The molecule has 0 unspecified atom stereocenters. The maximum atomic E-state index is 4.38. The third-order valence-electron chi connectivity index (χ3n) is 1.90. The number of nitrogens with zero attached hydrogens (tertiary/aromatic N) is 3. The molecule has 2 aromatic heterocycles. The van der Waals surface area contributed by atoms with Crippen LogP contribution >= 0.6 is 15.9 Å². The van der Waals surface area contributed by atoms with Gasteiger partial charge in [-0.05, 0) is 35.8 Å². The fraction of sp³-hybridized carbons (Fsp3) is 0.222. The molecule has 4 heteroatoms. The van der Waals surface area contributed by atoms with Crippen molar-refractivity contribution in [1.82, 2.24) is 15.0 Å². The van der Waals surface area contributed by atoms with Gasteiger partial charge in [0, 0.05) is 10.7 Å². The quantitative estimate of drug-likeness (QED) is 0.707. The predicted octanol–water partition coefficient (Wildman–Crippen LogP) is 2.40. The van der Waals surface area contributed by atoms with Gasteiger partial charge in [0.25, 0.3) is 0 Å². The summed E-state index contributed by atoms with van der Waals surface area (Å²) in [6.07, 6.45) is 1.73. The first-order chi connectivity index (χ1) is 6.16. The van der Waals surface area contributed by atoms with Gasteiger partial charge in [0.1, 0.15) is 5.52 Å². The molecule has 0 spiro atoms. The summed E-state index contributed by atoms with van der Waals surface area (Å²) in [5, 5.41) is 0. The lowest BCUT2D eigenvalue weighted by atomic mass is 10.3. The van der Waals surface area contributed by atoms with Crippen LogP contribution in [0.4, 0.5) is 0 Å². The normalized spacial score (nSPS) is 10.7. The van der Waals surface area contributed by atoms with Gasteiger partial charge in [-0.1, -0.05) is 0 Å². The molecule has 0 aliphatic heterocycles. The van der Waals surface area contributed by atoms with Crippen molar-refractivity contribution in [3.8, 4) is 0 Å². The molecule has 0 amide bonds. The van der Waals surface area contributed by atoms with Crippen LogP contribution in [-0.2, 0) is 0 Å². The van der Waals surface area contributed by atoms with E-state index in [1.165, 1.54) is 0 Å². The van der Waals surface area contributed by atoms with E-state index in [-0.39, 0.29) is 0 Å². The van der Waals surface area contributed by atoms with E-state index in [0.717, 1.165) is 21.4 Å². The second-order valence-corrected chi connectivity index (χ2v) is 3.81. The maximum Gasteiger partial charge on any atom is 0.178 e. The molecular weight excluding hydrogens is 230 g/mol. The van der Waals surface area contributed by atoms with Gasteiger partial charge in [-0.25, -0.2) is 15.0 Å². The zero-order chi connectivity index (χ0) is 9.42. The average Bonchev–Trinajstić information content (AvgIpc) is 2.08.